The highest BCUT2D eigenvalue weighted by Crippen LogP contribution is 2.22. The summed E-state index contributed by atoms with van der Waals surface area (Å²) >= 11 is 0. The third-order valence-electron chi connectivity index (χ3n) is 4.48. The van der Waals surface area contributed by atoms with Gasteiger partial charge in [-0.1, -0.05) is 12.1 Å². The van der Waals surface area contributed by atoms with Gasteiger partial charge in [0, 0.05) is 30.2 Å². The van der Waals surface area contributed by atoms with Crippen LogP contribution in [0.4, 0.5) is 17.1 Å². The Balaban J connectivity index is 1.57. The molecule has 2 N–H and O–H groups in total. The summed E-state index contributed by atoms with van der Waals surface area (Å²) in [7, 11) is -3.78. The van der Waals surface area contributed by atoms with E-state index in [2.05, 4.69) is 14.9 Å². The van der Waals surface area contributed by atoms with Gasteiger partial charge in [0.2, 0.25) is 15.9 Å². The Morgan fingerprint density at radius 1 is 1.00 bits per heavy atom. The van der Waals surface area contributed by atoms with Gasteiger partial charge in [0.15, 0.2) is 0 Å². The summed E-state index contributed by atoms with van der Waals surface area (Å²) in [6.07, 6.45) is 3.63. The molecule has 0 aromatic heterocycles. The quantitative estimate of drug-likeness (QED) is 0.797. The zero-order valence-corrected chi connectivity index (χ0v) is 16.3. The minimum atomic E-state index is -3.78. The van der Waals surface area contributed by atoms with E-state index >= 15 is 0 Å². The molecule has 1 amide bonds. The van der Waals surface area contributed by atoms with Crippen LogP contribution in [0, 0.1) is 6.92 Å². The number of carbonyl (C=O) groups excluding carboxylic acids is 1. The molecule has 2 aromatic rings. The second-order valence-corrected chi connectivity index (χ2v) is 8.60. The summed E-state index contributed by atoms with van der Waals surface area (Å²) in [4.78, 5) is 14.4. The number of nitrogens with one attached hydrogen (secondary N) is 2. The number of piperidine rings is 1. The van der Waals surface area contributed by atoms with Crippen molar-refractivity contribution >= 4 is 33.0 Å². The summed E-state index contributed by atoms with van der Waals surface area (Å²) in [6.45, 7) is 3.97. The fourth-order valence-corrected chi connectivity index (χ4v) is 4.19. The highest BCUT2D eigenvalue weighted by molar-refractivity contribution is 7.93. The first-order valence-corrected chi connectivity index (χ1v) is 10.8. The van der Waals surface area contributed by atoms with Gasteiger partial charge in [-0.2, -0.15) is 0 Å². The molecule has 0 atom stereocenters. The Morgan fingerprint density at radius 3 is 2.37 bits per heavy atom. The second kappa shape index (κ2) is 8.43. The van der Waals surface area contributed by atoms with Crippen molar-refractivity contribution in [1.29, 1.82) is 0 Å². The Labute approximate surface area is 160 Å². The number of hydrogen-bond donors (Lipinski definition) is 2. The lowest BCUT2D eigenvalue weighted by Gasteiger charge is -2.28. The predicted molar refractivity (Wildman–Crippen MR) is 110 cm³/mol. The van der Waals surface area contributed by atoms with Crippen LogP contribution >= 0.6 is 0 Å². The van der Waals surface area contributed by atoms with Crippen LogP contribution in [0.3, 0.4) is 0 Å². The molecule has 0 unspecified atom stereocenters. The summed E-state index contributed by atoms with van der Waals surface area (Å²) in [5.41, 5.74) is 3.12. The fraction of sp³-hybridized carbons (Fsp3) is 0.350. The molecule has 0 bridgehead atoms. The number of hydrogen-bond acceptors (Lipinski definition) is 4. The number of anilines is 3. The van der Waals surface area contributed by atoms with Crippen molar-refractivity contribution in [2.75, 3.05) is 33.8 Å². The van der Waals surface area contributed by atoms with Gasteiger partial charge in [0.05, 0.1) is 0 Å². The van der Waals surface area contributed by atoms with Gasteiger partial charge in [0.25, 0.3) is 0 Å². The molecule has 0 saturated carbocycles. The average molecular weight is 388 g/mol. The molecule has 0 radical (unpaired) electrons. The summed E-state index contributed by atoms with van der Waals surface area (Å²) in [5, 5.41) is 2.61. The standard InChI is InChI=1S/C20H25N3O3S/c1-16-6-5-7-18(14-16)21-20(24)15-27(25,26)22-17-8-10-19(11-9-17)23-12-3-2-4-13-23/h5-11,14,22H,2-4,12-13,15H2,1H3,(H,21,24). The van der Waals surface area contributed by atoms with Gasteiger partial charge in [-0.15, -0.1) is 0 Å². The van der Waals surface area contributed by atoms with E-state index in [0.717, 1.165) is 24.3 Å². The predicted octanol–water partition coefficient (Wildman–Crippen LogP) is 3.37. The van der Waals surface area contributed by atoms with Crippen molar-refractivity contribution in [2.24, 2.45) is 0 Å². The van der Waals surface area contributed by atoms with Gasteiger partial charge in [-0.05, 0) is 68.1 Å². The SMILES string of the molecule is Cc1cccc(NC(=O)CS(=O)(=O)Nc2ccc(N3CCCCC3)cc2)c1. The molecule has 0 aliphatic carbocycles. The molecule has 1 aliphatic rings. The first-order valence-electron chi connectivity index (χ1n) is 9.13. The van der Waals surface area contributed by atoms with Crippen molar-refractivity contribution in [3.8, 4) is 0 Å². The zero-order chi connectivity index (χ0) is 19.3. The van der Waals surface area contributed by atoms with Gasteiger partial charge in [-0.3, -0.25) is 9.52 Å². The molecule has 0 spiro atoms. The minimum absolute atomic E-state index is 0.458. The van der Waals surface area contributed by atoms with E-state index in [0.29, 0.717) is 11.4 Å². The third kappa shape index (κ3) is 5.72. The van der Waals surface area contributed by atoms with E-state index in [1.807, 2.05) is 31.2 Å². The van der Waals surface area contributed by atoms with Gasteiger partial charge in [-0.25, -0.2) is 8.42 Å². The van der Waals surface area contributed by atoms with Crippen LogP contribution in [0.1, 0.15) is 24.8 Å². The molecule has 1 saturated heterocycles. The lowest BCUT2D eigenvalue weighted by atomic mass is 10.1. The average Bonchev–Trinajstić information content (AvgIpc) is 2.62. The van der Waals surface area contributed by atoms with Crippen molar-refractivity contribution < 1.29 is 13.2 Å². The number of benzene rings is 2. The van der Waals surface area contributed by atoms with Crippen LogP contribution < -0.4 is 14.9 Å². The van der Waals surface area contributed by atoms with Crippen LogP contribution in [0.2, 0.25) is 0 Å². The van der Waals surface area contributed by atoms with E-state index in [1.165, 1.54) is 19.3 Å². The topological polar surface area (TPSA) is 78.5 Å². The van der Waals surface area contributed by atoms with E-state index in [9.17, 15) is 13.2 Å². The zero-order valence-electron chi connectivity index (χ0n) is 15.4. The highest BCUT2D eigenvalue weighted by atomic mass is 32.2. The van der Waals surface area contributed by atoms with E-state index in [1.54, 1.807) is 24.3 Å². The molecule has 3 rings (SSSR count). The van der Waals surface area contributed by atoms with Crippen LogP contribution in [-0.2, 0) is 14.8 Å². The molecule has 6 nitrogen and oxygen atoms in total. The van der Waals surface area contributed by atoms with Crippen molar-refractivity contribution in [1.82, 2.24) is 0 Å². The lowest BCUT2D eigenvalue weighted by Crippen LogP contribution is -2.29. The first kappa shape index (κ1) is 19.2. The third-order valence-corrected chi connectivity index (χ3v) is 5.67. The molecular weight excluding hydrogens is 362 g/mol. The largest absolute Gasteiger partial charge is 0.372 e. The molecule has 2 aromatic carbocycles. The second-order valence-electron chi connectivity index (χ2n) is 6.87. The van der Waals surface area contributed by atoms with E-state index in [-0.39, 0.29) is 0 Å². The molecule has 144 valence electrons. The summed E-state index contributed by atoms with van der Waals surface area (Å²) < 4.78 is 27.0. The van der Waals surface area contributed by atoms with E-state index in [4.69, 9.17) is 0 Å². The van der Waals surface area contributed by atoms with Crippen LogP contribution in [0.15, 0.2) is 48.5 Å². The maximum atomic E-state index is 12.3. The van der Waals surface area contributed by atoms with Gasteiger partial charge in [0.1, 0.15) is 5.75 Å². The molecule has 27 heavy (non-hydrogen) atoms. The molecular formula is C20H25N3O3S. The normalized spacial score (nSPS) is 14.6. The number of aryl methyl sites for hydroxylation is 1. The monoisotopic (exact) mass is 387 g/mol. The lowest BCUT2D eigenvalue weighted by molar-refractivity contribution is -0.113. The first-order chi connectivity index (χ1) is 12.9. The minimum Gasteiger partial charge on any atom is -0.372 e. The number of nitrogens with zero attached hydrogens (tertiary/aromatic N) is 1. The van der Waals surface area contributed by atoms with Crippen molar-refractivity contribution in [3.05, 3.63) is 54.1 Å². The number of carbonyl (C=O) groups is 1. The summed E-state index contributed by atoms with van der Waals surface area (Å²) in [6, 6.07) is 14.5. The Kier molecular flexibility index (Phi) is 6.01. The molecule has 1 aliphatic heterocycles. The number of sulfonamides is 1. The number of rotatable bonds is 6. The van der Waals surface area contributed by atoms with Crippen LogP contribution in [0.5, 0.6) is 0 Å². The van der Waals surface area contributed by atoms with Crippen LogP contribution in [-0.4, -0.2) is 33.2 Å². The molecule has 1 heterocycles. The Hall–Kier alpha value is -2.54. The van der Waals surface area contributed by atoms with Crippen molar-refractivity contribution in [3.63, 3.8) is 0 Å². The Bertz CT molecular complexity index is 889. The van der Waals surface area contributed by atoms with Crippen LogP contribution in [0.25, 0.3) is 0 Å². The number of amides is 1. The molecule has 7 heteroatoms. The Morgan fingerprint density at radius 2 is 1.70 bits per heavy atom. The van der Waals surface area contributed by atoms with Gasteiger partial charge >= 0.3 is 0 Å². The summed E-state index contributed by atoms with van der Waals surface area (Å²) in [5.74, 6) is -1.20. The molecule has 1 fully saturated rings. The maximum Gasteiger partial charge on any atom is 0.241 e. The van der Waals surface area contributed by atoms with Crippen molar-refractivity contribution in [2.45, 2.75) is 26.2 Å². The fourth-order valence-electron chi connectivity index (χ4n) is 3.20. The smallest absolute Gasteiger partial charge is 0.241 e. The van der Waals surface area contributed by atoms with Gasteiger partial charge < -0.3 is 10.2 Å². The van der Waals surface area contributed by atoms with E-state index < -0.39 is 21.7 Å². The maximum absolute atomic E-state index is 12.3. The highest BCUT2D eigenvalue weighted by Gasteiger charge is 2.17.